The lowest BCUT2D eigenvalue weighted by Crippen LogP contribution is -2.63. The lowest BCUT2D eigenvalue weighted by Gasteiger charge is -2.48. The molecule has 12 N–H and O–H groups in total. The van der Waals surface area contributed by atoms with Gasteiger partial charge in [0.15, 0.2) is 0 Å². The maximum absolute atomic E-state index is 13.9. The van der Waals surface area contributed by atoms with Gasteiger partial charge in [-0.1, -0.05) is 62.4 Å². The molecule has 7 heterocycles. The first-order valence-electron chi connectivity index (χ1n) is 34.3. The molecule has 0 bridgehead atoms. The van der Waals surface area contributed by atoms with Gasteiger partial charge in [0.1, 0.15) is 33.8 Å². The van der Waals surface area contributed by atoms with Crippen LogP contribution >= 0.6 is 11.6 Å². The molecule has 99 heavy (non-hydrogen) atoms. The Morgan fingerprint density at radius 1 is 0.475 bits per heavy atom. The summed E-state index contributed by atoms with van der Waals surface area (Å²) in [7, 11) is 0. The predicted molar refractivity (Wildman–Crippen MR) is 376 cm³/mol. The number of likely N-dealkylation sites (tertiary alicyclic amines) is 3. The molecular formula is C72H91ClFN13O12. The van der Waals surface area contributed by atoms with E-state index in [0.717, 1.165) is 97.1 Å². The van der Waals surface area contributed by atoms with Crippen molar-refractivity contribution in [3.8, 4) is 0 Å². The SMILES string of the molecule is CCCCC(=O)Nc1cnc(N2CCC(C(N)=O)(N3CCCCC3)CC2)c(C(=O)O)c1.NC(=O)C1(N2CCCCC2)CCN(c2ccc(NC(=O)c3cccc(Cl)c3)cc2C(=O)O)CC1.NC(=O)C1(N2CCCCC2)CCN(c2ccc(NC(=O)c3ccccc3F)cc2C(=O)O)CC1. The van der Waals surface area contributed by atoms with E-state index >= 15 is 0 Å². The number of primary amides is 3. The molecule has 0 atom stereocenters. The number of hydrogen-bond donors (Lipinski definition) is 9. The fourth-order valence-corrected chi connectivity index (χ4v) is 14.9. The smallest absolute Gasteiger partial charge is 0.339 e. The molecule has 1 aromatic heterocycles. The van der Waals surface area contributed by atoms with Crippen molar-refractivity contribution in [2.45, 2.75) is 139 Å². The topological polar surface area (TPSA) is 361 Å². The molecule has 0 unspecified atom stereocenters. The number of nitrogens with zero attached hydrogens (tertiary/aromatic N) is 7. The number of unbranched alkanes of at least 4 members (excludes halogenated alkanes) is 1. The minimum absolute atomic E-state index is 0.0240. The molecule has 0 aliphatic carbocycles. The molecule has 6 amide bonds. The molecule has 5 aromatic rings. The summed E-state index contributed by atoms with van der Waals surface area (Å²) in [6.45, 7) is 10.2. The van der Waals surface area contributed by atoms with Crippen molar-refractivity contribution >= 4 is 99.2 Å². The number of nitrogens with one attached hydrogen (secondary N) is 3. The highest BCUT2D eigenvalue weighted by atomic mass is 35.5. The van der Waals surface area contributed by atoms with Crippen LogP contribution in [0.1, 0.15) is 174 Å². The van der Waals surface area contributed by atoms with Gasteiger partial charge in [0.2, 0.25) is 23.6 Å². The second-order valence-corrected chi connectivity index (χ2v) is 26.8. The molecule has 27 heteroatoms. The number of aromatic carboxylic acids is 3. The van der Waals surface area contributed by atoms with Crippen LogP contribution in [-0.4, -0.2) is 184 Å². The molecular weight excluding hydrogens is 1290 g/mol. The number of carboxylic acids is 3. The standard InChI is InChI=1S/C25H29ClN4O4.C25H29FN4O4.C22H33N5O4/c26-18-6-4-5-17(15-18)22(31)28-19-7-8-21(20(16-19)23(32)33)29-13-9-25(10-14-29,24(27)34)30-11-2-1-3-12-30;26-20-7-3-2-6-18(20)22(31)28-17-8-9-21(19(16-17)23(32)33)29-14-10-25(11-15-29,24(27)34)30-12-4-1-5-13-30;1-2-3-7-18(28)25-16-14-17(20(29)30)19(24-15-16)26-12-8-22(9-13-26,21(23)31)27-10-5-4-6-11-27/h4-8,15-16H,1-3,9-14H2,(H2,27,34)(H,28,31)(H,32,33);2-3,6-9,16H,1,4-5,10-15H2,(H2,27,34)(H,28,31)(H,32,33);14-15H,2-13H2,1H3,(H2,23,31)(H,25,28)(H,29,30). The Morgan fingerprint density at radius 2 is 0.889 bits per heavy atom. The van der Waals surface area contributed by atoms with Crippen molar-refractivity contribution in [1.82, 2.24) is 19.7 Å². The Labute approximate surface area is 580 Å². The second kappa shape index (κ2) is 33.5. The Hall–Kier alpha value is -9.24. The van der Waals surface area contributed by atoms with Crippen molar-refractivity contribution in [3.63, 3.8) is 0 Å². The summed E-state index contributed by atoms with van der Waals surface area (Å²) in [4.78, 5) is 127. The van der Waals surface area contributed by atoms with Crippen molar-refractivity contribution in [1.29, 1.82) is 0 Å². The number of pyridine rings is 1. The summed E-state index contributed by atoms with van der Waals surface area (Å²) < 4.78 is 13.9. The van der Waals surface area contributed by atoms with Crippen LogP contribution in [0.3, 0.4) is 0 Å². The Morgan fingerprint density at radius 3 is 1.29 bits per heavy atom. The van der Waals surface area contributed by atoms with Crippen LogP contribution in [0.2, 0.25) is 5.02 Å². The minimum atomic E-state index is -1.14. The summed E-state index contributed by atoms with van der Waals surface area (Å²) in [5.74, 6) is -5.74. The van der Waals surface area contributed by atoms with Gasteiger partial charge < -0.3 is 63.2 Å². The Bertz CT molecular complexity index is 3760. The van der Waals surface area contributed by atoms with E-state index in [1.807, 2.05) is 21.6 Å². The molecule has 6 aliphatic heterocycles. The first kappa shape index (κ1) is 74.0. The van der Waals surface area contributed by atoms with Crippen LogP contribution in [0, 0.1) is 5.82 Å². The number of carbonyl (C=O) groups is 9. The van der Waals surface area contributed by atoms with Crippen molar-refractivity contribution in [2.24, 2.45) is 17.2 Å². The van der Waals surface area contributed by atoms with Gasteiger partial charge in [-0.25, -0.2) is 23.8 Å². The van der Waals surface area contributed by atoms with E-state index in [0.29, 0.717) is 123 Å². The maximum Gasteiger partial charge on any atom is 0.339 e. The van der Waals surface area contributed by atoms with Gasteiger partial charge >= 0.3 is 17.9 Å². The molecule has 4 aromatic carbocycles. The summed E-state index contributed by atoms with van der Waals surface area (Å²) >= 11 is 5.96. The van der Waals surface area contributed by atoms with Crippen LogP contribution in [-0.2, 0) is 19.2 Å². The number of piperidine rings is 6. The summed E-state index contributed by atoms with van der Waals surface area (Å²) in [6, 6.07) is 23.0. The molecule has 6 fully saturated rings. The van der Waals surface area contributed by atoms with E-state index in [2.05, 4.69) is 35.6 Å². The van der Waals surface area contributed by atoms with Crippen LogP contribution in [0.15, 0.2) is 97.2 Å². The minimum Gasteiger partial charge on any atom is -0.478 e. The molecule has 0 saturated carbocycles. The number of carbonyl (C=O) groups excluding carboxylic acids is 6. The number of halogens is 2. The van der Waals surface area contributed by atoms with Crippen LogP contribution in [0.5, 0.6) is 0 Å². The van der Waals surface area contributed by atoms with Crippen molar-refractivity contribution in [3.05, 3.63) is 136 Å². The number of anilines is 6. The zero-order valence-electron chi connectivity index (χ0n) is 56.1. The monoisotopic (exact) mass is 1380 g/mol. The Balaban J connectivity index is 0.000000174. The summed E-state index contributed by atoms with van der Waals surface area (Å²) in [5.41, 5.74) is 18.0. The van der Waals surface area contributed by atoms with Gasteiger partial charge in [-0.3, -0.25) is 43.5 Å². The molecule has 6 aliphatic rings. The van der Waals surface area contributed by atoms with E-state index in [-0.39, 0.29) is 57.5 Å². The molecule has 0 radical (unpaired) electrons. The third-order valence-corrected chi connectivity index (χ3v) is 20.6. The van der Waals surface area contributed by atoms with E-state index < -0.39 is 46.2 Å². The average molecular weight is 1390 g/mol. The zero-order valence-corrected chi connectivity index (χ0v) is 56.8. The Kier molecular flexibility index (Phi) is 25.1. The fraction of sp³-hybridized carbons (Fsp3) is 0.472. The number of nitrogens with two attached hydrogens (primary N) is 3. The van der Waals surface area contributed by atoms with E-state index in [1.165, 1.54) is 55.4 Å². The van der Waals surface area contributed by atoms with E-state index in [4.69, 9.17) is 28.8 Å². The van der Waals surface area contributed by atoms with Crippen molar-refractivity contribution in [2.75, 3.05) is 109 Å². The fourth-order valence-electron chi connectivity index (χ4n) is 14.7. The first-order chi connectivity index (χ1) is 47.5. The van der Waals surface area contributed by atoms with Crippen molar-refractivity contribution < 1.29 is 62.9 Å². The lowest BCUT2D eigenvalue weighted by molar-refractivity contribution is -0.133. The molecule has 25 nitrogen and oxygen atoms in total. The quantitative estimate of drug-likeness (QED) is 0.0351. The number of aromatic nitrogens is 1. The van der Waals surface area contributed by atoms with Gasteiger partial charge in [0.25, 0.3) is 11.8 Å². The summed E-state index contributed by atoms with van der Waals surface area (Å²) in [5, 5.41) is 37.9. The summed E-state index contributed by atoms with van der Waals surface area (Å²) in [6.07, 6.45) is 16.6. The molecule has 6 saturated heterocycles. The largest absolute Gasteiger partial charge is 0.478 e. The van der Waals surface area contributed by atoms with Gasteiger partial charge in [0.05, 0.1) is 39.9 Å². The second-order valence-electron chi connectivity index (χ2n) is 26.3. The van der Waals surface area contributed by atoms with Crippen LogP contribution in [0.4, 0.5) is 38.6 Å². The number of carboxylic acid groups (broad SMARTS) is 3. The molecule has 0 spiro atoms. The van der Waals surface area contributed by atoms with Gasteiger partial charge in [0, 0.05) is 67.7 Å². The number of rotatable bonds is 20. The lowest BCUT2D eigenvalue weighted by atomic mass is 9.83. The number of benzene rings is 4. The zero-order chi connectivity index (χ0) is 71.0. The van der Waals surface area contributed by atoms with Gasteiger partial charge in [-0.2, -0.15) is 0 Å². The van der Waals surface area contributed by atoms with Gasteiger partial charge in [-0.15, -0.1) is 0 Å². The highest BCUT2D eigenvalue weighted by Crippen LogP contribution is 2.39. The molecule has 11 rings (SSSR count). The maximum atomic E-state index is 13.9. The van der Waals surface area contributed by atoms with Crippen LogP contribution in [0.25, 0.3) is 0 Å². The average Bonchev–Trinajstić information content (AvgIpc) is 0.785. The third kappa shape index (κ3) is 17.6. The normalized spacial score (nSPS) is 18.6. The predicted octanol–water partition coefficient (Wildman–Crippen LogP) is 8.91. The third-order valence-electron chi connectivity index (χ3n) is 20.3. The highest BCUT2D eigenvalue weighted by Gasteiger charge is 2.48. The molecule has 530 valence electrons. The first-order valence-corrected chi connectivity index (χ1v) is 34.7. The van der Waals surface area contributed by atoms with E-state index in [9.17, 15) is 62.9 Å². The van der Waals surface area contributed by atoms with E-state index in [1.54, 1.807) is 54.6 Å². The number of hydrogen-bond acceptors (Lipinski definition) is 16. The van der Waals surface area contributed by atoms with Gasteiger partial charge in [-0.05, 0) is 196 Å². The van der Waals surface area contributed by atoms with Crippen LogP contribution < -0.4 is 47.9 Å². The number of amides is 6. The highest BCUT2D eigenvalue weighted by molar-refractivity contribution is 6.31.